The molecule has 0 fully saturated rings. The number of hydrogen-bond donors (Lipinski definition) is 1. The fraction of sp³-hybridized carbons (Fsp3) is 0.158. The molecule has 0 bridgehead atoms. The third-order valence-electron chi connectivity index (χ3n) is 3.86. The Kier molecular flexibility index (Phi) is 5.75. The minimum atomic E-state index is -1.08. The highest BCUT2D eigenvalue weighted by Gasteiger charge is 2.12. The van der Waals surface area contributed by atoms with Gasteiger partial charge in [0.1, 0.15) is 24.3 Å². The standard InChI is InChI=1S/C19H16FN3O5/c20-14-6-4-13(5-7-14)18-8-9-19(25)22(21-18)11-16(24)12-28-17-3-1-2-15(10-17)23(26)27/h1-10,16,24H,11-12H2. The Morgan fingerprint density at radius 1 is 1.18 bits per heavy atom. The van der Waals surface area contributed by atoms with Crippen molar-refractivity contribution < 1.29 is 19.2 Å². The van der Waals surface area contributed by atoms with E-state index in [4.69, 9.17) is 4.74 Å². The van der Waals surface area contributed by atoms with E-state index in [-0.39, 0.29) is 30.4 Å². The molecule has 0 saturated carbocycles. The van der Waals surface area contributed by atoms with Gasteiger partial charge in [0, 0.05) is 17.7 Å². The van der Waals surface area contributed by atoms with Crippen LogP contribution < -0.4 is 10.3 Å². The second-order valence-corrected chi connectivity index (χ2v) is 5.97. The van der Waals surface area contributed by atoms with Crippen LogP contribution in [0.1, 0.15) is 0 Å². The van der Waals surface area contributed by atoms with Gasteiger partial charge in [-0.05, 0) is 36.4 Å². The lowest BCUT2D eigenvalue weighted by atomic mass is 10.1. The molecule has 0 aliphatic carbocycles. The maximum Gasteiger partial charge on any atom is 0.273 e. The topological polar surface area (TPSA) is 107 Å². The van der Waals surface area contributed by atoms with Crippen LogP contribution in [0.4, 0.5) is 10.1 Å². The van der Waals surface area contributed by atoms with Gasteiger partial charge in [0.25, 0.3) is 11.2 Å². The molecule has 1 aromatic heterocycles. The number of halogens is 1. The van der Waals surface area contributed by atoms with E-state index in [1.807, 2.05) is 0 Å². The summed E-state index contributed by atoms with van der Waals surface area (Å²) < 4.78 is 19.5. The fourth-order valence-corrected chi connectivity index (χ4v) is 2.49. The van der Waals surface area contributed by atoms with Crippen molar-refractivity contribution in [2.24, 2.45) is 0 Å². The van der Waals surface area contributed by atoms with E-state index in [1.54, 1.807) is 0 Å². The van der Waals surface area contributed by atoms with Gasteiger partial charge < -0.3 is 9.84 Å². The maximum absolute atomic E-state index is 13.1. The van der Waals surface area contributed by atoms with Gasteiger partial charge in [0.15, 0.2) is 0 Å². The summed E-state index contributed by atoms with van der Waals surface area (Å²) in [6.45, 7) is -0.321. The van der Waals surface area contributed by atoms with Gasteiger partial charge in [-0.15, -0.1) is 0 Å². The molecule has 0 spiro atoms. The number of aliphatic hydroxyl groups excluding tert-OH is 1. The van der Waals surface area contributed by atoms with Crippen molar-refractivity contribution in [2.75, 3.05) is 6.61 Å². The van der Waals surface area contributed by atoms with Crippen molar-refractivity contribution in [2.45, 2.75) is 12.6 Å². The first-order valence-electron chi connectivity index (χ1n) is 8.32. The Hall–Kier alpha value is -3.59. The molecule has 3 rings (SSSR count). The van der Waals surface area contributed by atoms with Crippen LogP contribution in [0.5, 0.6) is 5.75 Å². The van der Waals surface area contributed by atoms with Crippen LogP contribution in [0.3, 0.4) is 0 Å². The van der Waals surface area contributed by atoms with E-state index in [1.165, 1.54) is 60.7 Å². The van der Waals surface area contributed by atoms with E-state index in [0.29, 0.717) is 11.3 Å². The predicted molar refractivity (Wildman–Crippen MR) is 98.5 cm³/mol. The van der Waals surface area contributed by atoms with Gasteiger partial charge in [-0.3, -0.25) is 14.9 Å². The van der Waals surface area contributed by atoms with Crippen molar-refractivity contribution >= 4 is 5.69 Å². The van der Waals surface area contributed by atoms with E-state index in [9.17, 15) is 24.4 Å². The molecule has 2 aromatic carbocycles. The molecule has 1 heterocycles. The monoisotopic (exact) mass is 385 g/mol. The lowest BCUT2D eigenvalue weighted by Gasteiger charge is -2.14. The lowest BCUT2D eigenvalue weighted by molar-refractivity contribution is -0.384. The third kappa shape index (κ3) is 4.77. The molecule has 8 nitrogen and oxygen atoms in total. The molecule has 0 aliphatic rings. The van der Waals surface area contributed by atoms with E-state index < -0.39 is 16.6 Å². The van der Waals surface area contributed by atoms with E-state index >= 15 is 0 Å². The van der Waals surface area contributed by atoms with Crippen molar-refractivity contribution in [1.82, 2.24) is 9.78 Å². The van der Waals surface area contributed by atoms with Crippen molar-refractivity contribution in [3.8, 4) is 17.0 Å². The number of aromatic nitrogens is 2. The number of hydrogen-bond acceptors (Lipinski definition) is 6. The number of benzene rings is 2. The van der Waals surface area contributed by atoms with Gasteiger partial charge >= 0.3 is 0 Å². The lowest BCUT2D eigenvalue weighted by Crippen LogP contribution is -2.31. The quantitative estimate of drug-likeness (QED) is 0.494. The highest BCUT2D eigenvalue weighted by molar-refractivity contribution is 5.57. The van der Waals surface area contributed by atoms with Crippen molar-refractivity contribution in [3.05, 3.63) is 86.9 Å². The number of non-ortho nitro benzene ring substituents is 1. The highest BCUT2D eigenvalue weighted by Crippen LogP contribution is 2.19. The van der Waals surface area contributed by atoms with Crippen LogP contribution in [0.2, 0.25) is 0 Å². The highest BCUT2D eigenvalue weighted by atomic mass is 19.1. The van der Waals surface area contributed by atoms with Gasteiger partial charge in [0.05, 0.1) is 23.2 Å². The maximum atomic E-state index is 13.1. The number of ether oxygens (including phenoxy) is 1. The summed E-state index contributed by atoms with van der Waals surface area (Å²) in [6.07, 6.45) is -1.08. The molecule has 0 aliphatic heterocycles. The van der Waals surface area contributed by atoms with Crippen LogP contribution in [0, 0.1) is 15.9 Å². The first-order valence-corrected chi connectivity index (χ1v) is 8.32. The zero-order valence-corrected chi connectivity index (χ0v) is 14.6. The van der Waals surface area contributed by atoms with Crippen LogP contribution in [0.25, 0.3) is 11.3 Å². The van der Waals surface area contributed by atoms with Gasteiger partial charge in [-0.25, -0.2) is 9.07 Å². The Balaban J connectivity index is 1.68. The molecule has 1 atom stereocenters. The third-order valence-corrected chi connectivity index (χ3v) is 3.86. The molecule has 0 saturated heterocycles. The smallest absolute Gasteiger partial charge is 0.273 e. The summed E-state index contributed by atoms with van der Waals surface area (Å²) >= 11 is 0. The second-order valence-electron chi connectivity index (χ2n) is 5.97. The zero-order chi connectivity index (χ0) is 20.1. The molecule has 0 radical (unpaired) electrons. The molecule has 3 aromatic rings. The fourth-order valence-electron chi connectivity index (χ4n) is 2.49. The molecule has 1 unspecified atom stereocenters. The van der Waals surface area contributed by atoms with Crippen LogP contribution in [-0.4, -0.2) is 32.5 Å². The summed E-state index contributed by atoms with van der Waals surface area (Å²) in [6, 6.07) is 14.0. The number of nitro groups is 1. The zero-order valence-electron chi connectivity index (χ0n) is 14.6. The minimum absolute atomic E-state index is 0.128. The predicted octanol–water partition coefficient (Wildman–Crippen LogP) is 2.40. The molecule has 9 heteroatoms. The number of rotatable bonds is 7. The summed E-state index contributed by atoms with van der Waals surface area (Å²) in [4.78, 5) is 22.2. The average molecular weight is 385 g/mol. The summed E-state index contributed by atoms with van der Waals surface area (Å²) in [5.74, 6) is -0.153. The summed E-state index contributed by atoms with van der Waals surface area (Å²) in [5, 5.41) is 25.1. The number of nitrogens with zero attached hydrogens (tertiary/aromatic N) is 3. The van der Waals surface area contributed by atoms with Crippen molar-refractivity contribution in [1.29, 1.82) is 0 Å². The SMILES string of the molecule is O=c1ccc(-c2ccc(F)cc2)nn1CC(O)COc1cccc([N+](=O)[O-])c1. The molecule has 28 heavy (non-hydrogen) atoms. The first kappa shape index (κ1) is 19.2. The number of aliphatic hydroxyl groups is 1. The summed E-state index contributed by atoms with van der Waals surface area (Å²) in [7, 11) is 0. The second kappa shape index (κ2) is 8.40. The van der Waals surface area contributed by atoms with Gasteiger partial charge in [-0.2, -0.15) is 5.10 Å². The summed E-state index contributed by atoms with van der Waals surface area (Å²) in [5.41, 5.74) is 0.529. The van der Waals surface area contributed by atoms with Crippen molar-refractivity contribution in [3.63, 3.8) is 0 Å². The Morgan fingerprint density at radius 2 is 1.93 bits per heavy atom. The number of nitro benzene ring substituents is 1. The molecular weight excluding hydrogens is 369 g/mol. The normalized spacial score (nSPS) is 11.8. The van der Waals surface area contributed by atoms with Gasteiger partial charge in [0.2, 0.25) is 0 Å². The molecule has 144 valence electrons. The molecular formula is C19H16FN3O5. The Bertz CT molecular complexity index is 1040. The molecule has 0 amide bonds. The van der Waals surface area contributed by atoms with Gasteiger partial charge in [-0.1, -0.05) is 6.07 Å². The van der Waals surface area contributed by atoms with Crippen LogP contribution in [0.15, 0.2) is 65.5 Å². The van der Waals surface area contributed by atoms with Crippen LogP contribution in [-0.2, 0) is 6.54 Å². The van der Waals surface area contributed by atoms with E-state index in [0.717, 1.165) is 4.68 Å². The Morgan fingerprint density at radius 3 is 2.64 bits per heavy atom. The Labute approximate surface area is 158 Å². The average Bonchev–Trinajstić information content (AvgIpc) is 2.69. The van der Waals surface area contributed by atoms with Crippen LogP contribution >= 0.6 is 0 Å². The first-order chi connectivity index (χ1) is 13.4. The minimum Gasteiger partial charge on any atom is -0.491 e. The van der Waals surface area contributed by atoms with E-state index in [2.05, 4.69) is 5.10 Å². The molecule has 1 N–H and O–H groups in total. The largest absolute Gasteiger partial charge is 0.491 e.